The van der Waals surface area contributed by atoms with E-state index in [0.29, 0.717) is 30.4 Å². The van der Waals surface area contributed by atoms with Crippen LogP contribution in [0.5, 0.6) is 5.75 Å². The number of hydrogen-bond acceptors (Lipinski definition) is 5. The fourth-order valence-corrected chi connectivity index (χ4v) is 7.34. The van der Waals surface area contributed by atoms with Crippen LogP contribution in [0.25, 0.3) is 0 Å². The Labute approximate surface area is 293 Å². The van der Waals surface area contributed by atoms with Crippen molar-refractivity contribution in [3.63, 3.8) is 0 Å². The Kier molecular flexibility index (Phi) is 13.9. The molecule has 258 valence electrons. The van der Waals surface area contributed by atoms with Crippen molar-refractivity contribution < 1.29 is 23.8 Å². The number of esters is 2. The molecule has 0 N–H and O–H groups in total. The zero-order chi connectivity index (χ0) is 34.3. The highest BCUT2D eigenvalue weighted by Crippen LogP contribution is 2.41. The van der Waals surface area contributed by atoms with E-state index in [1.165, 1.54) is 54.0 Å². The summed E-state index contributed by atoms with van der Waals surface area (Å²) in [6.45, 7) is 0.540. The van der Waals surface area contributed by atoms with Crippen LogP contribution < -0.4 is 4.74 Å². The van der Waals surface area contributed by atoms with Gasteiger partial charge in [0.2, 0.25) is 0 Å². The number of aryl methyl sites for hydroxylation is 4. The first-order valence-electron chi connectivity index (χ1n) is 18.1. The van der Waals surface area contributed by atoms with Crippen LogP contribution in [0.15, 0.2) is 97.1 Å². The summed E-state index contributed by atoms with van der Waals surface area (Å²) in [5.41, 5.74) is 8.43. The van der Waals surface area contributed by atoms with Crippen molar-refractivity contribution in [3.8, 4) is 5.75 Å². The number of benzene rings is 4. The van der Waals surface area contributed by atoms with E-state index in [-0.39, 0.29) is 11.9 Å². The molecule has 4 aromatic carbocycles. The van der Waals surface area contributed by atoms with Crippen molar-refractivity contribution in [2.75, 3.05) is 14.2 Å². The summed E-state index contributed by atoms with van der Waals surface area (Å²) in [5.74, 6) is 1.46. The summed E-state index contributed by atoms with van der Waals surface area (Å²) >= 11 is 0. The highest BCUT2D eigenvalue weighted by molar-refractivity contribution is 5.89. The van der Waals surface area contributed by atoms with Crippen LogP contribution in [0.1, 0.15) is 107 Å². The van der Waals surface area contributed by atoms with Crippen molar-refractivity contribution >= 4 is 11.9 Å². The fraction of sp³-hybridized carbons (Fsp3) is 0.409. The van der Waals surface area contributed by atoms with Gasteiger partial charge in [-0.2, -0.15) is 0 Å². The Hall–Kier alpha value is -4.38. The van der Waals surface area contributed by atoms with Gasteiger partial charge in [0.1, 0.15) is 12.4 Å². The third kappa shape index (κ3) is 10.8. The molecule has 2 unspecified atom stereocenters. The number of hydrogen-bond donors (Lipinski definition) is 0. The van der Waals surface area contributed by atoms with Crippen molar-refractivity contribution in [2.24, 2.45) is 5.92 Å². The summed E-state index contributed by atoms with van der Waals surface area (Å²) in [7, 11) is 2.90. The predicted molar refractivity (Wildman–Crippen MR) is 196 cm³/mol. The smallest absolute Gasteiger partial charge is 0.337 e. The highest BCUT2D eigenvalue weighted by Gasteiger charge is 2.27. The van der Waals surface area contributed by atoms with Crippen molar-refractivity contribution in [1.82, 2.24) is 0 Å². The van der Waals surface area contributed by atoms with Crippen molar-refractivity contribution in [3.05, 3.63) is 136 Å². The van der Waals surface area contributed by atoms with Gasteiger partial charge in [-0.05, 0) is 121 Å². The lowest BCUT2D eigenvalue weighted by Crippen LogP contribution is -2.16. The molecule has 0 radical (unpaired) electrons. The van der Waals surface area contributed by atoms with Gasteiger partial charge in [0.15, 0.2) is 0 Å². The van der Waals surface area contributed by atoms with Crippen LogP contribution in [0, 0.1) is 5.92 Å². The number of para-hydroxylation sites is 1. The second-order valence-corrected chi connectivity index (χ2v) is 13.4. The molecule has 0 saturated carbocycles. The Morgan fingerprint density at radius 1 is 0.714 bits per heavy atom. The minimum atomic E-state index is -0.277. The number of fused-ring (bicyclic) bond motifs is 1. The molecule has 5 nitrogen and oxygen atoms in total. The first-order chi connectivity index (χ1) is 24.0. The molecule has 1 aliphatic carbocycles. The van der Waals surface area contributed by atoms with Gasteiger partial charge < -0.3 is 14.2 Å². The average Bonchev–Trinajstić information content (AvgIpc) is 3.37. The molecule has 1 aliphatic rings. The Balaban J connectivity index is 1.24. The van der Waals surface area contributed by atoms with Gasteiger partial charge in [0.25, 0.3) is 0 Å². The van der Waals surface area contributed by atoms with Crippen LogP contribution >= 0.6 is 0 Å². The highest BCUT2D eigenvalue weighted by atomic mass is 16.5. The molecule has 0 spiro atoms. The maximum Gasteiger partial charge on any atom is 0.337 e. The Bertz CT molecular complexity index is 1610. The van der Waals surface area contributed by atoms with E-state index < -0.39 is 0 Å². The van der Waals surface area contributed by atoms with Gasteiger partial charge in [-0.25, -0.2) is 4.79 Å². The molecule has 2 atom stereocenters. The third-order valence-corrected chi connectivity index (χ3v) is 10.1. The zero-order valence-electron chi connectivity index (χ0n) is 29.3. The van der Waals surface area contributed by atoms with E-state index in [4.69, 9.17) is 14.2 Å². The third-order valence-electron chi connectivity index (χ3n) is 10.1. The second-order valence-electron chi connectivity index (χ2n) is 13.4. The van der Waals surface area contributed by atoms with Gasteiger partial charge in [0, 0.05) is 6.42 Å². The fourth-order valence-electron chi connectivity index (χ4n) is 7.34. The lowest BCUT2D eigenvalue weighted by atomic mass is 9.76. The van der Waals surface area contributed by atoms with Gasteiger partial charge in [0.05, 0.1) is 19.8 Å². The summed E-state index contributed by atoms with van der Waals surface area (Å²) in [6, 6.07) is 34.1. The molecule has 0 bridgehead atoms. The zero-order valence-corrected chi connectivity index (χ0v) is 29.3. The molecule has 49 heavy (non-hydrogen) atoms. The molecular weight excluding hydrogens is 608 g/mol. The molecule has 0 aromatic heterocycles. The number of carbonyl (C=O) groups excluding carboxylic acids is 2. The quantitative estimate of drug-likeness (QED) is 0.0641. The molecular formula is C44H52O5. The normalized spacial score (nSPS) is 14.7. The van der Waals surface area contributed by atoms with Crippen LogP contribution in [0.4, 0.5) is 0 Å². The van der Waals surface area contributed by atoms with E-state index in [0.717, 1.165) is 76.4 Å². The first-order valence-corrected chi connectivity index (χ1v) is 18.1. The number of ether oxygens (including phenoxy) is 3. The lowest BCUT2D eigenvalue weighted by molar-refractivity contribution is -0.140. The van der Waals surface area contributed by atoms with E-state index in [2.05, 4.69) is 91.0 Å². The minimum Gasteiger partial charge on any atom is -0.489 e. The molecule has 0 aliphatic heterocycles. The molecule has 0 heterocycles. The maximum absolute atomic E-state index is 12.3. The molecule has 4 aromatic rings. The number of methoxy groups -OCH3 is 2. The summed E-state index contributed by atoms with van der Waals surface area (Å²) < 4.78 is 16.3. The molecule has 0 fully saturated rings. The van der Waals surface area contributed by atoms with E-state index in [1.807, 2.05) is 6.07 Å². The number of rotatable bonds is 17. The van der Waals surface area contributed by atoms with Crippen LogP contribution in [-0.2, 0) is 46.6 Å². The largest absolute Gasteiger partial charge is 0.489 e. The van der Waals surface area contributed by atoms with Gasteiger partial charge in [-0.3, -0.25) is 4.79 Å². The minimum absolute atomic E-state index is 0.133. The van der Waals surface area contributed by atoms with Gasteiger partial charge >= 0.3 is 11.9 Å². The van der Waals surface area contributed by atoms with E-state index in [9.17, 15) is 9.59 Å². The molecule has 5 rings (SSSR count). The summed E-state index contributed by atoms with van der Waals surface area (Å²) in [4.78, 5) is 24.0. The predicted octanol–water partition coefficient (Wildman–Crippen LogP) is 10.0. The van der Waals surface area contributed by atoms with E-state index in [1.54, 1.807) is 0 Å². The Morgan fingerprint density at radius 2 is 1.45 bits per heavy atom. The lowest BCUT2D eigenvalue weighted by Gasteiger charge is -2.29. The monoisotopic (exact) mass is 660 g/mol. The van der Waals surface area contributed by atoms with Crippen LogP contribution in [0.2, 0.25) is 0 Å². The molecule has 5 heteroatoms. The van der Waals surface area contributed by atoms with Gasteiger partial charge in [-0.1, -0.05) is 98.1 Å². The van der Waals surface area contributed by atoms with Crippen LogP contribution in [-0.4, -0.2) is 26.2 Å². The van der Waals surface area contributed by atoms with Crippen molar-refractivity contribution in [2.45, 2.75) is 96.0 Å². The van der Waals surface area contributed by atoms with Crippen LogP contribution in [0.3, 0.4) is 0 Å². The van der Waals surface area contributed by atoms with E-state index >= 15 is 0 Å². The summed E-state index contributed by atoms with van der Waals surface area (Å²) in [6.07, 6.45) is 13.0. The molecule has 0 amide bonds. The first kappa shape index (κ1) is 35.9. The number of unbranched alkanes of at least 4 members (excludes halogenated alkanes) is 2. The maximum atomic E-state index is 12.3. The SMILES string of the molecule is COC(=O)CCCCCC(CCc1ccccc1OCc1ccc(CCc2ccccc2)cc1)C1CCCCc2cc(C(=O)OC)ccc21. The summed E-state index contributed by atoms with van der Waals surface area (Å²) in [5, 5.41) is 0. The standard InChI is InChI=1S/C44H52O5/c1-47-43(45)20-8-4-7-15-36(40-18-11-9-17-38-31-39(44(46)48-2)29-30-41(38)40)27-28-37-16-10-12-19-42(37)49-32-35-25-23-34(24-26-35)22-21-33-13-5-3-6-14-33/h3,5-6,10,12-14,16,19,23-26,29-31,36,40H,4,7-9,11,15,17-18,20-22,27-28,32H2,1-2H3. The van der Waals surface area contributed by atoms with Crippen molar-refractivity contribution in [1.29, 1.82) is 0 Å². The Morgan fingerprint density at radius 3 is 2.22 bits per heavy atom. The second kappa shape index (κ2) is 19.0. The van der Waals surface area contributed by atoms with Gasteiger partial charge in [-0.15, -0.1) is 0 Å². The topological polar surface area (TPSA) is 61.8 Å². The molecule has 0 saturated heterocycles. The average molecular weight is 661 g/mol. The number of carbonyl (C=O) groups is 2.